The molecule has 0 atom stereocenters. The molecular weight excluding hydrogens is 212 g/mol. The van der Waals surface area contributed by atoms with Crippen LogP contribution in [0.1, 0.15) is 31.2 Å². The van der Waals surface area contributed by atoms with E-state index in [1.165, 1.54) is 6.42 Å². The third-order valence-corrected chi connectivity index (χ3v) is 3.28. The van der Waals surface area contributed by atoms with Crippen molar-refractivity contribution in [3.8, 4) is 0 Å². The Hall–Kier alpha value is -1.83. The molecule has 2 nitrogen and oxygen atoms in total. The molecule has 1 aromatic heterocycles. The first-order chi connectivity index (χ1) is 8.34. The number of hydrogen-bond donors (Lipinski definition) is 0. The maximum Gasteiger partial charge on any atom is 0.343 e. The summed E-state index contributed by atoms with van der Waals surface area (Å²) in [5, 5.41) is 0.994. The van der Waals surface area contributed by atoms with Crippen molar-refractivity contribution in [2.45, 2.75) is 25.7 Å². The number of para-hydroxylation sites is 1. The van der Waals surface area contributed by atoms with Crippen LogP contribution in [-0.4, -0.2) is 0 Å². The van der Waals surface area contributed by atoms with E-state index in [0.717, 1.165) is 35.8 Å². The van der Waals surface area contributed by atoms with Gasteiger partial charge in [-0.2, -0.15) is 0 Å². The average Bonchev–Trinajstić information content (AvgIpc) is 2.39. The zero-order valence-corrected chi connectivity index (χ0v) is 9.61. The van der Waals surface area contributed by atoms with E-state index in [0.29, 0.717) is 5.58 Å². The van der Waals surface area contributed by atoms with Crippen LogP contribution in [0.15, 0.2) is 45.6 Å². The van der Waals surface area contributed by atoms with Crippen LogP contribution >= 0.6 is 0 Å². The molecule has 0 aliphatic heterocycles. The summed E-state index contributed by atoms with van der Waals surface area (Å²) in [4.78, 5) is 11.9. The van der Waals surface area contributed by atoms with Gasteiger partial charge < -0.3 is 4.42 Å². The summed E-state index contributed by atoms with van der Waals surface area (Å²) in [6.45, 7) is 0. The lowest BCUT2D eigenvalue weighted by Gasteiger charge is -2.11. The molecule has 86 valence electrons. The topological polar surface area (TPSA) is 30.2 Å². The second-order valence-corrected chi connectivity index (χ2v) is 4.46. The minimum Gasteiger partial charge on any atom is -0.422 e. The highest BCUT2D eigenvalue weighted by molar-refractivity contribution is 5.80. The molecule has 1 heterocycles. The van der Waals surface area contributed by atoms with Crippen molar-refractivity contribution in [1.29, 1.82) is 0 Å². The summed E-state index contributed by atoms with van der Waals surface area (Å²) < 4.78 is 5.35. The molecule has 17 heavy (non-hydrogen) atoms. The summed E-state index contributed by atoms with van der Waals surface area (Å²) in [5.74, 6) is 0. The minimum absolute atomic E-state index is 0.211. The summed E-state index contributed by atoms with van der Waals surface area (Å²) in [7, 11) is 0. The monoisotopic (exact) mass is 226 g/mol. The normalized spacial score (nSPS) is 15.9. The van der Waals surface area contributed by atoms with Crippen molar-refractivity contribution in [3.63, 3.8) is 0 Å². The molecule has 1 aromatic carbocycles. The number of rotatable bonds is 1. The Morgan fingerprint density at radius 1 is 1.12 bits per heavy atom. The van der Waals surface area contributed by atoms with Gasteiger partial charge in [-0.3, -0.25) is 0 Å². The Bertz CT molecular complexity index is 635. The van der Waals surface area contributed by atoms with Crippen molar-refractivity contribution >= 4 is 16.5 Å². The Balaban J connectivity index is 2.19. The van der Waals surface area contributed by atoms with E-state index in [9.17, 15) is 4.79 Å². The van der Waals surface area contributed by atoms with Crippen LogP contribution < -0.4 is 5.63 Å². The minimum atomic E-state index is -0.211. The van der Waals surface area contributed by atoms with E-state index in [1.54, 1.807) is 0 Å². The number of hydrogen-bond acceptors (Lipinski definition) is 2. The van der Waals surface area contributed by atoms with Crippen molar-refractivity contribution in [2.75, 3.05) is 0 Å². The molecular formula is C15H14O2. The molecule has 0 bridgehead atoms. The Kier molecular flexibility index (Phi) is 2.56. The molecule has 0 amide bonds. The number of allylic oxidation sites excluding steroid dienone is 2. The van der Waals surface area contributed by atoms with Crippen molar-refractivity contribution in [3.05, 3.63) is 52.4 Å². The van der Waals surface area contributed by atoms with Crippen LogP contribution in [0.5, 0.6) is 0 Å². The molecule has 2 heteroatoms. The fourth-order valence-electron chi connectivity index (χ4n) is 2.37. The molecule has 0 saturated heterocycles. The van der Waals surface area contributed by atoms with Gasteiger partial charge in [-0.15, -0.1) is 0 Å². The van der Waals surface area contributed by atoms with E-state index < -0.39 is 0 Å². The zero-order valence-electron chi connectivity index (χ0n) is 9.61. The first-order valence-corrected chi connectivity index (χ1v) is 6.07. The van der Waals surface area contributed by atoms with Crippen LogP contribution in [0.2, 0.25) is 0 Å². The third kappa shape index (κ3) is 1.91. The quantitative estimate of drug-likeness (QED) is 0.693. The van der Waals surface area contributed by atoms with Crippen molar-refractivity contribution in [1.82, 2.24) is 0 Å². The van der Waals surface area contributed by atoms with E-state index >= 15 is 0 Å². The molecule has 2 aromatic rings. The fourth-order valence-corrected chi connectivity index (χ4v) is 2.37. The predicted molar refractivity (Wildman–Crippen MR) is 68.9 cm³/mol. The Labute approximate surface area is 99.6 Å². The van der Waals surface area contributed by atoms with Gasteiger partial charge in [0.05, 0.1) is 5.56 Å². The van der Waals surface area contributed by atoms with E-state index in [2.05, 4.69) is 6.08 Å². The highest BCUT2D eigenvalue weighted by Gasteiger charge is 2.12. The van der Waals surface area contributed by atoms with Gasteiger partial charge in [0, 0.05) is 5.39 Å². The van der Waals surface area contributed by atoms with Gasteiger partial charge in [0.2, 0.25) is 0 Å². The first-order valence-electron chi connectivity index (χ1n) is 6.07. The first kappa shape index (κ1) is 10.3. The average molecular weight is 226 g/mol. The van der Waals surface area contributed by atoms with Gasteiger partial charge in [0.15, 0.2) is 0 Å². The molecule has 0 spiro atoms. The maximum atomic E-state index is 11.9. The molecule has 1 aliphatic rings. The van der Waals surface area contributed by atoms with Crippen molar-refractivity contribution < 1.29 is 4.42 Å². The molecule has 3 rings (SSSR count). The summed E-state index contributed by atoms with van der Waals surface area (Å²) in [6.07, 6.45) is 6.62. The maximum absolute atomic E-state index is 11.9. The molecule has 0 saturated carbocycles. The Morgan fingerprint density at radius 3 is 2.82 bits per heavy atom. The lowest BCUT2D eigenvalue weighted by atomic mass is 9.94. The van der Waals surface area contributed by atoms with E-state index in [-0.39, 0.29) is 5.63 Å². The Morgan fingerprint density at radius 2 is 2.00 bits per heavy atom. The standard InChI is InChI=1S/C15H14O2/c16-15-13(11-6-2-1-3-7-11)10-12-8-4-5-9-14(12)17-15/h4-6,8-10H,1-3,7H2. The summed E-state index contributed by atoms with van der Waals surface area (Å²) in [5.41, 5.74) is 2.34. The SMILES string of the molecule is O=c1oc2ccccc2cc1C1=CCCCC1. The lowest BCUT2D eigenvalue weighted by Crippen LogP contribution is -2.07. The molecule has 0 fully saturated rings. The summed E-state index contributed by atoms with van der Waals surface area (Å²) >= 11 is 0. The third-order valence-electron chi connectivity index (χ3n) is 3.28. The number of fused-ring (bicyclic) bond motifs is 1. The highest BCUT2D eigenvalue weighted by atomic mass is 16.4. The van der Waals surface area contributed by atoms with E-state index in [1.807, 2.05) is 30.3 Å². The van der Waals surface area contributed by atoms with Crippen LogP contribution in [0.4, 0.5) is 0 Å². The van der Waals surface area contributed by atoms with Crippen LogP contribution in [0, 0.1) is 0 Å². The number of benzene rings is 1. The second kappa shape index (κ2) is 4.21. The van der Waals surface area contributed by atoms with Gasteiger partial charge in [-0.05, 0) is 43.4 Å². The molecule has 0 unspecified atom stereocenters. The van der Waals surface area contributed by atoms with Gasteiger partial charge in [-0.25, -0.2) is 4.79 Å². The van der Waals surface area contributed by atoms with Gasteiger partial charge in [0.1, 0.15) is 5.58 Å². The van der Waals surface area contributed by atoms with Crippen LogP contribution in [0.25, 0.3) is 16.5 Å². The molecule has 0 radical (unpaired) electrons. The molecule has 0 N–H and O–H groups in total. The molecule has 1 aliphatic carbocycles. The van der Waals surface area contributed by atoms with Crippen LogP contribution in [-0.2, 0) is 0 Å². The van der Waals surface area contributed by atoms with Crippen LogP contribution in [0.3, 0.4) is 0 Å². The largest absolute Gasteiger partial charge is 0.422 e. The van der Waals surface area contributed by atoms with E-state index in [4.69, 9.17) is 4.42 Å². The fraction of sp³-hybridized carbons (Fsp3) is 0.267. The highest BCUT2D eigenvalue weighted by Crippen LogP contribution is 2.26. The van der Waals surface area contributed by atoms with Gasteiger partial charge in [0.25, 0.3) is 0 Å². The van der Waals surface area contributed by atoms with Gasteiger partial charge >= 0.3 is 5.63 Å². The lowest BCUT2D eigenvalue weighted by molar-refractivity contribution is 0.557. The smallest absolute Gasteiger partial charge is 0.343 e. The van der Waals surface area contributed by atoms with Gasteiger partial charge in [-0.1, -0.05) is 24.3 Å². The summed E-state index contributed by atoms with van der Waals surface area (Å²) in [6, 6.07) is 9.60. The zero-order chi connectivity index (χ0) is 11.7. The predicted octanol–water partition coefficient (Wildman–Crippen LogP) is 3.75. The van der Waals surface area contributed by atoms with Crippen molar-refractivity contribution in [2.24, 2.45) is 0 Å². The second-order valence-electron chi connectivity index (χ2n) is 4.46.